The molecule has 3 nitrogen and oxygen atoms in total. The van der Waals surface area contributed by atoms with Gasteiger partial charge in [-0.2, -0.15) is 0 Å². The van der Waals surface area contributed by atoms with Gasteiger partial charge in [-0.15, -0.1) is 0 Å². The SMILES string of the molecule is CC(C)COCCCNc1cc(N)cc(F)c1. The summed E-state index contributed by atoms with van der Waals surface area (Å²) in [4.78, 5) is 0. The van der Waals surface area contributed by atoms with Crippen LogP contribution in [0, 0.1) is 11.7 Å². The lowest BCUT2D eigenvalue weighted by atomic mass is 10.2. The predicted octanol–water partition coefficient (Wildman–Crippen LogP) is 2.88. The molecule has 0 atom stereocenters. The minimum absolute atomic E-state index is 0.316. The van der Waals surface area contributed by atoms with Crippen molar-refractivity contribution in [3.8, 4) is 0 Å². The summed E-state index contributed by atoms with van der Waals surface area (Å²) in [7, 11) is 0. The van der Waals surface area contributed by atoms with E-state index in [-0.39, 0.29) is 5.82 Å². The van der Waals surface area contributed by atoms with Crippen LogP contribution in [0.4, 0.5) is 15.8 Å². The minimum Gasteiger partial charge on any atom is -0.399 e. The number of hydrogen-bond acceptors (Lipinski definition) is 3. The Bertz CT molecular complexity index is 322. The Morgan fingerprint density at radius 3 is 2.76 bits per heavy atom. The smallest absolute Gasteiger partial charge is 0.127 e. The molecule has 0 radical (unpaired) electrons. The van der Waals surface area contributed by atoms with Crippen molar-refractivity contribution in [2.75, 3.05) is 30.8 Å². The number of nitrogen functional groups attached to an aromatic ring is 1. The Kier molecular flexibility index (Phi) is 5.77. The van der Waals surface area contributed by atoms with Gasteiger partial charge in [0.05, 0.1) is 0 Å². The minimum atomic E-state index is -0.316. The fourth-order valence-electron chi connectivity index (χ4n) is 1.44. The average molecular weight is 240 g/mol. The number of benzene rings is 1. The molecule has 0 bridgehead atoms. The van der Waals surface area contributed by atoms with Crippen LogP contribution < -0.4 is 11.1 Å². The molecule has 0 saturated heterocycles. The standard InChI is InChI=1S/C13H21FN2O/c1-10(2)9-17-5-3-4-16-13-7-11(14)6-12(15)8-13/h6-8,10,16H,3-5,9,15H2,1-2H3. The third-order valence-electron chi connectivity index (χ3n) is 2.17. The van der Waals surface area contributed by atoms with E-state index in [9.17, 15) is 4.39 Å². The van der Waals surface area contributed by atoms with Gasteiger partial charge in [0.2, 0.25) is 0 Å². The van der Waals surface area contributed by atoms with Crippen LogP contribution in [0.25, 0.3) is 0 Å². The van der Waals surface area contributed by atoms with Crippen LogP contribution in [0.5, 0.6) is 0 Å². The molecule has 17 heavy (non-hydrogen) atoms. The first-order valence-electron chi connectivity index (χ1n) is 5.95. The van der Waals surface area contributed by atoms with Gasteiger partial charge in [0.15, 0.2) is 0 Å². The zero-order chi connectivity index (χ0) is 12.7. The summed E-state index contributed by atoms with van der Waals surface area (Å²) in [6.45, 7) is 6.49. The lowest BCUT2D eigenvalue weighted by Gasteiger charge is -2.09. The van der Waals surface area contributed by atoms with Gasteiger partial charge in [0.25, 0.3) is 0 Å². The van der Waals surface area contributed by atoms with E-state index < -0.39 is 0 Å². The maximum Gasteiger partial charge on any atom is 0.127 e. The maximum atomic E-state index is 13.0. The lowest BCUT2D eigenvalue weighted by molar-refractivity contribution is 0.110. The van der Waals surface area contributed by atoms with Crippen molar-refractivity contribution in [3.05, 3.63) is 24.0 Å². The van der Waals surface area contributed by atoms with Gasteiger partial charge in [0, 0.05) is 31.1 Å². The zero-order valence-electron chi connectivity index (χ0n) is 10.5. The second-order valence-electron chi connectivity index (χ2n) is 4.52. The summed E-state index contributed by atoms with van der Waals surface area (Å²) in [6, 6.07) is 4.46. The fraction of sp³-hybridized carbons (Fsp3) is 0.538. The largest absolute Gasteiger partial charge is 0.399 e. The van der Waals surface area contributed by atoms with Gasteiger partial charge in [-0.05, 0) is 30.5 Å². The Morgan fingerprint density at radius 1 is 1.35 bits per heavy atom. The van der Waals surface area contributed by atoms with Crippen molar-refractivity contribution in [2.24, 2.45) is 5.92 Å². The second kappa shape index (κ2) is 7.12. The molecule has 0 aliphatic heterocycles. The van der Waals surface area contributed by atoms with E-state index >= 15 is 0 Å². The molecule has 0 aromatic heterocycles. The molecule has 0 saturated carbocycles. The fourth-order valence-corrected chi connectivity index (χ4v) is 1.44. The normalized spacial score (nSPS) is 10.8. The van der Waals surface area contributed by atoms with Gasteiger partial charge in [-0.3, -0.25) is 0 Å². The van der Waals surface area contributed by atoms with E-state index in [1.165, 1.54) is 12.1 Å². The number of hydrogen-bond donors (Lipinski definition) is 2. The highest BCUT2D eigenvalue weighted by Gasteiger charge is 1.98. The van der Waals surface area contributed by atoms with Crippen LogP contribution in [0.15, 0.2) is 18.2 Å². The van der Waals surface area contributed by atoms with Crippen molar-refractivity contribution in [1.82, 2.24) is 0 Å². The number of ether oxygens (including phenoxy) is 1. The van der Waals surface area contributed by atoms with E-state index in [4.69, 9.17) is 10.5 Å². The quantitative estimate of drug-likeness (QED) is 0.569. The van der Waals surface area contributed by atoms with Crippen molar-refractivity contribution >= 4 is 11.4 Å². The number of nitrogens with two attached hydrogens (primary N) is 1. The first kappa shape index (κ1) is 13.8. The molecular formula is C13H21FN2O. The molecule has 0 aliphatic carbocycles. The molecule has 0 amide bonds. The summed E-state index contributed by atoms with van der Waals surface area (Å²) < 4.78 is 18.4. The third-order valence-corrected chi connectivity index (χ3v) is 2.17. The predicted molar refractivity (Wildman–Crippen MR) is 69.6 cm³/mol. The van der Waals surface area contributed by atoms with Crippen molar-refractivity contribution < 1.29 is 9.13 Å². The van der Waals surface area contributed by atoms with Crippen molar-refractivity contribution in [3.63, 3.8) is 0 Å². The number of anilines is 2. The first-order chi connectivity index (χ1) is 8.08. The summed E-state index contributed by atoms with van der Waals surface area (Å²) in [5, 5.41) is 3.11. The Morgan fingerprint density at radius 2 is 2.12 bits per heavy atom. The van der Waals surface area contributed by atoms with Crippen LogP contribution >= 0.6 is 0 Å². The highest BCUT2D eigenvalue weighted by atomic mass is 19.1. The molecule has 1 aromatic carbocycles. The molecule has 0 unspecified atom stereocenters. The van der Waals surface area contributed by atoms with Crippen LogP contribution in [0.2, 0.25) is 0 Å². The van der Waals surface area contributed by atoms with Gasteiger partial charge >= 0.3 is 0 Å². The van der Waals surface area contributed by atoms with Gasteiger partial charge < -0.3 is 15.8 Å². The van der Waals surface area contributed by atoms with Crippen LogP contribution in [0.1, 0.15) is 20.3 Å². The zero-order valence-corrected chi connectivity index (χ0v) is 10.5. The monoisotopic (exact) mass is 240 g/mol. The Hall–Kier alpha value is -1.29. The molecule has 0 fully saturated rings. The highest BCUT2D eigenvalue weighted by Crippen LogP contribution is 2.15. The molecule has 0 spiro atoms. The van der Waals surface area contributed by atoms with Crippen molar-refractivity contribution in [1.29, 1.82) is 0 Å². The number of nitrogens with one attached hydrogen (secondary N) is 1. The van der Waals surface area contributed by atoms with E-state index in [1.807, 2.05) is 0 Å². The second-order valence-corrected chi connectivity index (χ2v) is 4.52. The molecule has 0 heterocycles. The number of halogens is 1. The summed E-state index contributed by atoms with van der Waals surface area (Å²) >= 11 is 0. The van der Waals surface area contributed by atoms with Gasteiger partial charge in [0.1, 0.15) is 5.82 Å². The third kappa shape index (κ3) is 6.12. The molecule has 4 heteroatoms. The average Bonchev–Trinajstić information content (AvgIpc) is 2.21. The van der Waals surface area contributed by atoms with Crippen LogP contribution in [0.3, 0.4) is 0 Å². The van der Waals surface area contributed by atoms with E-state index in [0.29, 0.717) is 17.3 Å². The molecule has 3 N–H and O–H groups in total. The van der Waals surface area contributed by atoms with E-state index in [2.05, 4.69) is 19.2 Å². The summed E-state index contributed by atoms with van der Waals surface area (Å²) in [5.41, 5.74) is 6.69. The van der Waals surface area contributed by atoms with Crippen LogP contribution in [-0.4, -0.2) is 19.8 Å². The van der Waals surface area contributed by atoms with E-state index in [0.717, 1.165) is 26.2 Å². The summed E-state index contributed by atoms with van der Waals surface area (Å²) in [5.74, 6) is 0.245. The Labute approximate surface area is 102 Å². The highest BCUT2D eigenvalue weighted by molar-refractivity contribution is 5.54. The number of rotatable bonds is 7. The molecule has 96 valence electrons. The van der Waals surface area contributed by atoms with Crippen LogP contribution in [-0.2, 0) is 4.74 Å². The van der Waals surface area contributed by atoms with Crippen molar-refractivity contribution in [2.45, 2.75) is 20.3 Å². The first-order valence-corrected chi connectivity index (χ1v) is 5.95. The topological polar surface area (TPSA) is 47.3 Å². The molecule has 1 aromatic rings. The molecule has 1 rings (SSSR count). The van der Waals surface area contributed by atoms with Gasteiger partial charge in [-0.1, -0.05) is 13.8 Å². The summed E-state index contributed by atoms with van der Waals surface area (Å²) in [6.07, 6.45) is 0.892. The molecular weight excluding hydrogens is 219 g/mol. The lowest BCUT2D eigenvalue weighted by Crippen LogP contribution is -2.08. The Balaban J connectivity index is 2.18. The van der Waals surface area contributed by atoms with Gasteiger partial charge in [-0.25, -0.2) is 4.39 Å². The maximum absolute atomic E-state index is 13.0. The van der Waals surface area contributed by atoms with E-state index in [1.54, 1.807) is 6.07 Å². The molecule has 0 aliphatic rings.